The van der Waals surface area contributed by atoms with Crippen molar-refractivity contribution in [2.75, 3.05) is 0 Å². The molecule has 1 heteroatoms. The molecule has 0 amide bonds. The van der Waals surface area contributed by atoms with Crippen molar-refractivity contribution in [2.45, 2.75) is 13.8 Å². The van der Waals surface area contributed by atoms with E-state index in [1.807, 2.05) is 0 Å². The van der Waals surface area contributed by atoms with Gasteiger partial charge in [0.2, 0.25) is 0 Å². The van der Waals surface area contributed by atoms with Crippen LogP contribution in [-0.4, -0.2) is 4.98 Å². The van der Waals surface area contributed by atoms with Gasteiger partial charge in [0.15, 0.2) is 0 Å². The van der Waals surface area contributed by atoms with Gasteiger partial charge in [-0.3, -0.25) is 0 Å². The average molecular weight is 424 g/mol. The van der Waals surface area contributed by atoms with Gasteiger partial charge in [-0.2, -0.15) is 0 Å². The van der Waals surface area contributed by atoms with E-state index in [1.54, 1.807) is 0 Å². The van der Waals surface area contributed by atoms with Crippen LogP contribution in [0.4, 0.5) is 0 Å². The maximum atomic E-state index is 3.51. The SMILES string of the molecule is Cc1ccccc1-c1cc(-c2ccc(-c3ccc4[nH]c5ccccc5c4c3)cc2)ccc1C. The summed E-state index contributed by atoms with van der Waals surface area (Å²) in [6, 6.07) is 39.5. The molecule has 158 valence electrons. The number of nitrogens with one attached hydrogen (secondary N) is 1. The number of aromatic amines is 1. The van der Waals surface area contributed by atoms with E-state index in [4.69, 9.17) is 0 Å². The summed E-state index contributed by atoms with van der Waals surface area (Å²) < 4.78 is 0. The summed E-state index contributed by atoms with van der Waals surface area (Å²) in [5.74, 6) is 0. The van der Waals surface area contributed by atoms with E-state index in [-0.39, 0.29) is 0 Å². The first-order valence-electron chi connectivity index (χ1n) is 11.5. The van der Waals surface area contributed by atoms with Crippen LogP contribution in [-0.2, 0) is 0 Å². The number of aromatic nitrogens is 1. The zero-order chi connectivity index (χ0) is 22.4. The number of hydrogen-bond donors (Lipinski definition) is 1. The van der Waals surface area contributed by atoms with Crippen molar-refractivity contribution in [2.24, 2.45) is 0 Å². The van der Waals surface area contributed by atoms with Crippen molar-refractivity contribution in [1.29, 1.82) is 0 Å². The van der Waals surface area contributed by atoms with E-state index in [1.165, 1.54) is 66.3 Å². The minimum absolute atomic E-state index is 1.18. The summed E-state index contributed by atoms with van der Waals surface area (Å²) in [5, 5.41) is 2.54. The Hall–Kier alpha value is -4.10. The lowest BCUT2D eigenvalue weighted by atomic mass is 9.92. The zero-order valence-corrected chi connectivity index (χ0v) is 18.9. The topological polar surface area (TPSA) is 15.8 Å². The maximum Gasteiger partial charge on any atom is 0.0465 e. The van der Waals surface area contributed by atoms with Crippen LogP contribution in [0.25, 0.3) is 55.2 Å². The molecule has 1 N–H and O–H groups in total. The van der Waals surface area contributed by atoms with Crippen molar-refractivity contribution >= 4 is 21.8 Å². The highest BCUT2D eigenvalue weighted by atomic mass is 14.7. The first-order valence-corrected chi connectivity index (χ1v) is 11.5. The van der Waals surface area contributed by atoms with E-state index in [2.05, 4.69) is 128 Å². The largest absolute Gasteiger partial charge is 0.355 e. The zero-order valence-electron chi connectivity index (χ0n) is 18.9. The van der Waals surface area contributed by atoms with Crippen LogP contribution in [0.15, 0.2) is 109 Å². The Morgan fingerprint density at radius 3 is 1.79 bits per heavy atom. The van der Waals surface area contributed by atoms with Gasteiger partial charge in [-0.05, 0) is 82.6 Å². The Labute approximate surface area is 194 Å². The van der Waals surface area contributed by atoms with E-state index < -0.39 is 0 Å². The van der Waals surface area contributed by atoms with Crippen molar-refractivity contribution in [3.63, 3.8) is 0 Å². The molecule has 0 aliphatic rings. The maximum absolute atomic E-state index is 3.51. The van der Waals surface area contributed by atoms with Gasteiger partial charge in [-0.15, -0.1) is 0 Å². The van der Waals surface area contributed by atoms with E-state index in [0.717, 1.165) is 0 Å². The standard InChI is InChI=1S/C32H25N/c1-21-7-3-4-8-27(21)29-19-25(12-11-22(29)2)23-13-15-24(16-14-23)26-17-18-32-30(20-26)28-9-5-6-10-31(28)33-32/h3-20,33H,1-2H3. The summed E-state index contributed by atoms with van der Waals surface area (Å²) in [6.07, 6.45) is 0. The second-order valence-electron chi connectivity index (χ2n) is 8.85. The van der Waals surface area contributed by atoms with Crippen LogP contribution in [0.3, 0.4) is 0 Å². The molecule has 1 aromatic heterocycles. The summed E-state index contributed by atoms with van der Waals surface area (Å²) in [7, 11) is 0. The predicted octanol–water partition coefficient (Wildman–Crippen LogP) is 8.94. The summed E-state index contributed by atoms with van der Waals surface area (Å²) in [5.41, 5.74) is 12.5. The third-order valence-corrected chi connectivity index (χ3v) is 6.73. The lowest BCUT2D eigenvalue weighted by Gasteiger charge is -2.12. The van der Waals surface area contributed by atoms with Gasteiger partial charge in [0.25, 0.3) is 0 Å². The summed E-state index contributed by atoms with van der Waals surface area (Å²) >= 11 is 0. The molecule has 0 fully saturated rings. The van der Waals surface area contributed by atoms with E-state index in [9.17, 15) is 0 Å². The van der Waals surface area contributed by atoms with Crippen molar-refractivity contribution in [3.8, 4) is 33.4 Å². The molecule has 0 unspecified atom stereocenters. The number of benzene rings is 5. The molecule has 0 spiro atoms. The Kier molecular flexibility index (Phi) is 4.62. The van der Waals surface area contributed by atoms with Gasteiger partial charge in [0.1, 0.15) is 0 Å². The molecule has 0 radical (unpaired) electrons. The fourth-order valence-corrected chi connectivity index (χ4v) is 4.85. The number of hydrogen-bond acceptors (Lipinski definition) is 0. The average Bonchev–Trinajstić information content (AvgIpc) is 3.23. The molecule has 0 saturated carbocycles. The fraction of sp³-hybridized carbons (Fsp3) is 0.0625. The van der Waals surface area contributed by atoms with E-state index in [0.29, 0.717) is 0 Å². The van der Waals surface area contributed by atoms with Crippen LogP contribution in [0, 0.1) is 13.8 Å². The van der Waals surface area contributed by atoms with Crippen LogP contribution in [0.2, 0.25) is 0 Å². The number of aryl methyl sites for hydroxylation is 2. The molecule has 6 rings (SSSR count). The van der Waals surface area contributed by atoms with Crippen LogP contribution >= 0.6 is 0 Å². The molecular formula is C32H25N. The first kappa shape index (κ1) is 19.6. The monoisotopic (exact) mass is 423 g/mol. The lowest BCUT2D eigenvalue weighted by molar-refractivity contribution is 1.41. The minimum Gasteiger partial charge on any atom is -0.355 e. The molecule has 33 heavy (non-hydrogen) atoms. The molecule has 1 nitrogen and oxygen atoms in total. The molecule has 1 heterocycles. The first-order chi connectivity index (χ1) is 16.2. The van der Waals surface area contributed by atoms with E-state index >= 15 is 0 Å². The number of fused-ring (bicyclic) bond motifs is 3. The molecule has 0 aliphatic heterocycles. The number of H-pyrrole nitrogens is 1. The van der Waals surface area contributed by atoms with Gasteiger partial charge in [0, 0.05) is 21.8 Å². The van der Waals surface area contributed by atoms with Crippen molar-refractivity contribution < 1.29 is 0 Å². The van der Waals surface area contributed by atoms with Crippen molar-refractivity contribution in [3.05, 3.63) is 120 Å². The normalized spacial score (nSPS) is 11.3. The third kappa shape index (κ3) is 3.43. The number of rotatable bonds is 3. The predicted molar refractivity (Wildman–Crippen MR) is 142 cm³/mol. The Morgan fingerprint density at radius 2 is 1.00 bits per heavy atom. The van der Waals surface area contributed by atoms with Gasteiger partial charge in [0.05, 0.1) is 0 Å². The lowest BCUT2D eigenvalue weighted by Crippen LogP contribution is -1.88. The molecule has 0 atom stereocenters. The highest BCUT2D eigenvalue weighted by Crippen LogP contribution is 2.33. The van der Waals surface area contributed by atoms with Crippen molar-refractivity contribution in [1.82, 2.24) is 4.98 Å². The minimum atomic E-state index is 1.18. The van der Waals surface area contributed by atoms with Gasteiger partial charge < -0.3 is 4.98 Å². The molecule has 5 aromatic carbocycles. The molecular weight excluding hydrogens is 398 g/mol. The Bertz CT molecular complexity index is 1620. The Morgan fingerprint density at radius 1 is 0.424 bits per heavy atom. The van der Waals surface area contributed by atoms with Crippen LogP contribution in [0.1, 0.15) is 11.1 Å². The van der Waals surface area contributed by atoms with Gasteiger partial charge in [-0.1, -0.05) is 84.9 Å². The molecule has 0 saturated heterocycles. The number of para-hydroxylation sites is 1. The fourth-order valence-electron chi connectivity index (χ4n) is 4.85. The summed E-state index contributed by atoms with van der Waals surface area (Å²) in [6.45, 7) is 4.37. The third-order valence-electron chi connectivity index (χ3n) is 6.73. The second-order valence-corrected chi connectivity index (χ2v) is 8.85. The molecule has 0 bridgehead atoms. The summed E-state index contributed by atoms with van der Waals surface area (Å²) in [4.78, 5) is 3.51. The molecule has 6 aromatic rings. The second kappa shape index (κ2) is 7.79. The highest BCUT2D eigenvalue weighted by Gasteiger charge is 2.09. The van der Waals surface area contributed by atoms with Gasteiger partial charge >= 0.3 is 0 Å². The Balaban J connectivity index is 1.38. The smallest absolute Gasteiger partial charge is 0.0465 e. The van der Waals surface area contributed by atoms with Crippen LogP contribution < -0.4 is 0 Å². The molecule has 0 aliphatic carbocycles. The highest BCUT2D eigenvalue weighted by molar-refractivity contribution is 6.08. The van der Waals surface area contributed by atoms with Crippen LogP contribution in [0.5, 0.6) is 0 Å². The quantitative estimate of drug-likeness (QED) is 0.292. The van der Waals surface area contributed by atoms with Gasteiger partial charge in [-0.25, -0.2) is 0 Å².